The summed E-state index contributed by atoms with van der Waals surface area (Å²) < 4.78 is 77.4. The topological polar surface area (TPSA) is 192 Å². The monoisotopic (exact) mass is 954 g/mol. The number of aromatic nitrogens is 7. The second-order valence-corrected chi connectivity index (χ2v) is 21.2. The molecule has 0 aliphatic carbocycles. The van der Waals surface area contributed by atoms with Crippen LogP contribution in [0.1, 0.15) is 70.2 Å². The minimum atomic E-state index is -4.16. The molecule has 2 aliphatic rings. The molecule has 2 atom stereocenters. The first kappa shape index (κ1) is 44.6. The summed E-state index contributed by atoms with van der Waals surface area (Å²) in [5.41, 5.74) is 5.15. The van der Waals surface area contributed by atoms with E-state index in [9.17, 15) is 17.4 Å². The number of halogens is 1. The van der Waals surface area contributed by atoms with Crippen molar-refractivity contribution < 1.29 is 26.5 Å². The van der Waals surface area contributed by atoms with Gasteiger partial charge in [0.25, 0.3) is 15.9 Å². The van der Waals surface area contributed by atoms with Gasteiger partial charge in [-0.3, -0.25) is 13.9 Å². The molecule has 0 spiro atoms. The Morgan fingerprint density at radius 3 is 2.25 bits per heavy atom. The molecule has 2 N–H and O–H groups in total. The highest BCUT2D eigenvalue weighted by Gasteiger charge is 2.37. The predicted molar refractivity (Wildman–Crippen MR) is 255 cm³/mol. The van der Waals surface area contributed by atoms with E-state index >= 15 is 9.18 Å². The van der Waals surface area contributed by atoms with Gasteiger partial charge in [-0.25, -0.2) is 46.0 Å². The lowest BCUT2D eigenvalue weighted by molar-refractivity contribution is 0.0669. The number of anilines is 1. The van der Waals surface area contributed by atoms with E-state index in [1.54, 1.807) is 95.0 Å². The Labute approximate surface area is 391 Å². The van der Waals surface area contributed by atoms with Crippen molar-refractivity contribution in [1.29, 1.82) is 4.78 Å². The average Bonchev–Trinajstić information content (AvgIpc) is 4.04. The molecule has 0 saturated carbocycles. The van der Waals surface area contributed by atoms with Crippen LogP contribution in [0.4, 0.5) is 10.3 Å². The minimum Gasteiger partial charge on any atom is -0.381 e. The summed E-state index contributed by atoms with van der Waals surface area (Å²) in [6, 6.07) is 25.0. The zero-order valence-electron chi connectivity index (χ0n) is 37.6. The van der Waals surface area contributed by atoms with E-state index in [2.05, 4.69) is 26.8 Å². The molecule has 10 rings (SSSR count). The number of ether oxygens (including phenoxy) is 1. The van der Waals surface area contributed by atoms with E-state index < -0.39 is 31.5 Å². The van der Waals surface area contributed by atoms with Crippen LogP contribution >= 0.6 is 0 Å². The van der Waals surface area contributed by atoms with Crippen LogP contribution in [0.25, 0.3) is 33.8 Å². The summed E-state index contributed by atoms with van der Waals surface area (Å²) in [6.07, 6.45) is 9.47. The minimum absolute atomic E-state index is 0.0597. The number of imidazole rings is 1. The maximum atomic E-state index is 15.5. The lowest BCUT2D eigenvalue weighted by Crippen LogP contribution is -2.40. The number of carbonyl (C=O) groups excluding carboxylic acids is 1. The Morgan fingerprint density at radius 2 is 1.54 bits per heavy atom. The molecule has 348 valence electrons. The molecule has 6 heterocycles. The van der Waals surface area contributed by atoms with Gasteiger partial charge in [0.15, 0.2) is 0 Å². The van der Waals surface area contributed by atoms with Crippen molar-refractivity contribution in [1.82, 2.24) is 38.3 Å². The van der Waals surface area contributed by atoms with E-state index in [-0.39, 0.29) is 35.0 Å². The molecule has 68 heavy (non-hydrogen) atoms. The molecular formula is C49H47FN10O6S2. The fraction of sp³-hybridized carbons (Fsp3) is 0.245. The van der Waals surface area contributed by atoms with Gasteiger partial charge in [-0.1, -0.05) is 12.1 Å². The summed E-state index contributed by atoms with van der Waals surface area (Å²) in [5, 5.41) is 5.85. The maximum absolute atomic E-state index is 15.5. The highest BCUT2D eigenvalue weighted by atomic mass is 32.2. The summed E-state index contributed by atoms with van der Waals surface area (Å²) in [4.78, 5) is 40.1. The van der Waals surface area contributed by atoms with Gasteiger partial charge in [0, 0.05) is 78.8 Å². The third kappa shape index (κ3) is 7.98. The van der Waals surface area contributed by atoms with Crippen LogP contribution < -0.4 is 10.4 Å². The van der Waals surface area contributed by atoms with Gasteiger partial charge in [-0.05, 0) is 135 Å². The number of rotatable bonds is 10. The second kappa shape index (κ2) is 17.1. The van der Waals surface area contributed by atoms with Gasteiger partial charge in [-0.15, -0.1) is 0 Å². The number of fused-ring (bicyclic) bond motifs is 2. The number of aryl methyl sites for hydroxylation is 2. The zero-order chi connectivity index (χ0) is 47.6. The van der Waals surface area contributed by atoms with E-state index in [0.717, 1.165) is 23.8 Å². The first-order chi connectivity index (χ1) is 32.6. The zero-order valence-corrected chi connectivity index (χ0v) is 39.2. The molecule has 8 aromatic rings. The van der Waals surface area contributed by atoms with E-state index in [1.807, 2.05) is 19.1 Å². The summed E-state index contributed by atoms with van der Waals surface area (Å²) in [6.45, 7) is 6.79. The lowest BCUT2D eigenvalue weighted by Gasteiger charge is -2.34. The van der Waals surface area contributed by atoms with Crippen molar-refractivity contribution in [2.24, 2.45) is 0 Å². The van der Waals surface area contributed by atoms with Gasteiger partial charge in [0.2, 0.25) is 5.95 Å². The van der Waals surface area contributed by atoms with Crippen molar-refractivity contribution >= 4 is 42.5 Å². The highest BCUT2D eigenvalue weighted by Crippen LogP contribution is 2.39. The predicted octanol–water partition coefficient (Wildman–Crippen LogP) is 7.79. The van der Waals surface area contributed by atoms with Crippen LogP contribution in [0, 0.1) is 24.4 Å². The third-order valence-corrected chi connectivity index (χ3v) is 15.4. The number of sulfonamides is 1. The second-order valence-electron chi connectivity index (χ2n) is 17.3. The van der Waals surface area contributed by atoms with Gasteiger partial charge in [0.05, 0.1) is 43.3 Å². The number of carbonyl (C=O) groups is 1. The van der Waals surface area contributed by atoms with Crippen molar-refractivity contribution in [2.75, 3.05) is 30.7 Å². The first-order valence-electron chi connectivity index (χ1n) is 22.1. The molecule has 1 fully saturated rings. The molecule has 4 aromatic carbocycles. The standard InChI is InChI=1S/C49H47FN10O6S2/c1-30-25-38(26-31(2)45(30)50)60-46(58-22-21-57(49(58)62)36-10-12-39(13-11-36)67(4,51)63)44-32(3)56(20-15-41(44)54-60)47(61)43-28-35-27-34(33-16-23-66-24-17-33)9-14-42(35)59(43)37-7-5-8-40(29-37)68(64,65)55-48-52-18-6-19-53-48/h5-14,18-19,21-22,25-29,32-33,51H,15-17,20,23-24H2,1-4H3,(H,52,53,55)/t32-,67?/m0/s1. The van der Waals surface area contributed by atoms with E-state index in [1.165, 1.54) is 39.9 Å². The molecule has 2 aliphatic heterocycles. The summed E-state index contributed by atoms with van der Waals surface area (Å²) >= 11 is 0. The largest absolute Gasteiger partial charge is 0.381 e. The molecule has 19 heteroatoms. The number of amides is 1. The van der Waals surface area contributed by atoms with Gasteiger partial charge >= 0.3 is 5.69 Å². The Hall–Kier alpha value is -7.22. The fourth-order valence-electron chi connectivity index (χ4n) is 9.41. The van der Waals surface area contributed by atoms with Crippen LogP contribution in [0.2, 0.25) is 0 Å². The number of hydrogen-bond donors (Lipinski definition) is 2. The van der Waals surface area contributed by atoms with Crippen molar-refractivity contribution in [3.63, 3.8) is 0 Å². The van der Waals surface area contributed by atoms with Crippen LogP contribution in [-0.2, 0) is 30.9 Å². The maximum Gasteiger partial charge on any atom is 0.338 e. The molecule has 1 amide bonds. The van der Waals surface area contributed by atoms with Crippen molar-refractivity contribution in [3.8, 4) is 22.9 Å². The van der Waals surface area contributed by atoms with Crippen LogP contribution in [0.3, 0.4) is 0 Å². The van der Waals surface area contributed by atoms with E-state index in [0.29, 0.717) is 81.0 Å². The number of benzene rings is 4. The van der Waals surface area contributed by atoms with Gasteiger partial charge in [-0.2, -0.15) is 5.10 Å². The smallest absolute Gasteiger partial charge is 0.338 e. The van der Waals surface area contributed by atoms with Crippen molar-refractivity contribution in [2.45, 2.75) is 61.8 Å². The molecule has 1 saturated heterocycles. The molecule has 0 bridgehead atoms. The third-order valence-electron chi connectivity index (χ3n) is 12.9. The van der Waals surface area contributed by atoms with Crippen molar-refractivity contribution in [3.05, 3.63) is 166 Å². The molecule has 16 nitrogen and oxygen atoms in total. The van der Waals surface area contributed by atoms with Gasteiger partial charge < -0.3 is 14.2 Å². The molecular weight excluding hydrogens is 908 g/mol. The number of hydrogen-bond acceptors (Lipinski definition) is 10. The van der Waals surface area contributed by atoms with Crippen LogP contribution in [-0.4, -0.2) is 82.9 Å². The quantitative estimate of drug-likeness (QED) is 0.138. The van der Waals surface area contributed by atoms with Gasteiger partial charge in [0.1, 0.15) is 17.3 Å². The number of nitrogens with zero attached hydrogens (tertiary/aromatic N) is 8. The lowest BCUT2D eigenvalue weighted by atomic mass is 9.91. The summed E-state index contributed by atoms with van der Waals surface area (Å²) in [5.74, 6) is -0.135. The SMILES string of the molecule is Cc1cc(-n2nc3c(c2-n2ccn(-c4ccc(S(C)(=N)=O)cc4)c2=O)[C@H](C)N(C(=O)c2cc4cc(C5CCOCC5)ccc4n2-c2cccc(S(=O)(=O)Nc4ncccn4)c2)CC3)cc(C)c1F. The van der Waals surface area contributed by atoms with Crippen LogP contribution in [0.5, 0.6) is 0 Å². The highest BCUT2D eigenvalue weighted by molar-refractivity contribution is 7.92. The fourth-order valence-corrected chi connectivity index (χ4v) is 11.1. The average molecular weight is 955 g/mol. The molecule has 1 unspecified atom stereocenters. The Morgan fingerprint density at radius 1 is 0.838 bits per heavy atom. The van der Waals surface area contributed by atoms with E-state index in [4.69, 9.17) is 14.6 Å². The Balaban J connectivity index is 1.10. The van der Waals surface area contributed by atoms with Crippen LogP contribution in [0.15, 0.2) is 130 Å². The first-order valence-corrected chi connectivity index (χ1v) is 25.5. The number of nitrogens with one attached hydrogen (secondary N) is 2. The molecule has 0 radical (unpaired) electrons. The normalized spacial score (nSPS) is 16.4. The molecule has 4 aromatic heterocycles. The Bertz CT molecular complexity index is 3560. The Kier molecular flexibility index (Phi) is 11.2. The summed E-state index contributed by atoms with van der Waals surface area (Å²) in [7, 11) is -7.15.